The second-order valence-electron chi connectivity index (χ2n) is 5.49. The molecule has 2 nitrogen and oxygen atoms in total. The normalized spacial score (nSPS) is 12.5. The molecule has 0 spiro atoms. The molecule has 1 heterocycles. The van der Waals surface area contributed by atoms with Crippen LogP contribution in [0.4, 0.5) is 0 Å². The van der Waals surface area contributed by atoms with Gasteiger partial charge in [-0.3, -0.25) is 4.98 Å². The van der Waals surface area contributed by atoms with Crippen LogP contribution in [0.3, 0.4) is 0 Å². The fourth-order valence-electron chi connectivity index (χ4n) is 2.69. The number of nitrogens with zero attached hydrogens (tertiary/aromatic N) is 1. The summed E-state index contributed by atoms with van der Waals surface area (Å²) in [7, 11) is 0. The van der Waals surface area contributed by atoms with Gasteiger partial charge in [0.2, 0.25) is 0 Å². The van der Waals surface area contributed by atoms with Crippen LogP contribution in [0.25, 0.3) is 10.9 Å². The van der Waals surface area contributed by atoms with Crippen molar-refractivity contribution >= 4 is 10.9 Å². The monoisotopic (exact) mass is 276 g/mol. The number of hydrogen-bond donors (Lipinski definition) is 1. The van der Waals surface area contributed by atoms with Crippen molar-refractivity contribution in [3.63, 3.8) is 0 Å². The minimum absolute atomic E-state index is 0.343. The quantitative estimate of drug-likeness (QED) is 0.764. The van der Waals surface area contributed by atoms with Crippen LogP contribution in [0.15, 0.2) is 60.8 Å². The van der Waals surface area contributed by atoms with E-state index >= 15 is 0 Å². The third-order valence-electron chi connectivity index (χ3n) is 3.93. The highest BCUT2D eigenvalue weighted by atomic mass is 14.9. The molecule has 1 N–H and O–H groups in total. The van der Waals surface area contributed by atoms with Crippen molar-refractivity contribution < 1.29 is 0 Å². The molecule has 0 bridgehead atoms. The summed E-state index contributed by atoms with van der Waals surface area (Å²) in [5, 5.41) is 4.80. The molecule has 0 saturated carbocycles. The maximum absolute atomic E-state index is 4.36. The molecule has 2 aromatic carbocycles. The van der Waals surface area contributed by atoms with Crippen molar-refractivity contribution in [2.24, 2.45) is 0 Å². The Balaban J connectivity index is 1.73. The van der Waals surface area contributed by atoms with Crippen molar-refractivity contribution in [3.8, 4) is 0 Å². The first kappa shape index (κ1) is 13.8. The van der Waals surface area contributed by atoms with Gasteiger partial charge in [-0.15, -0.1) is 0 Å². The zero-order valence-electron chi connectivity index (χ0n) is 12.5. The molecule has 0 unspecified atom stereocenters. The van der Waals surface area contributed by atoms with Gasteiger partial charge in [-0.25, -0.2) is 0 Å². The number of rotatable bonds is 4. The lowest BCUT2D eigenvalue weighted by Crippen LogP contribution is -2.18. The van der Waals surface area contributed by atoms with Gasteiger partial charge in [0.1, 0.15) is 0 Å². The topological polar surface area (TPSA) is 24.9 Å². The van der Waals surface area contributed by atoms with Crippen LogP contribution in [-0.4, -0.2) is 4.98 Å². The number of pyridine rings is 1. The molecule has 0 aliphatic heterocycles. The molecule has 0 radical (unpaired) electrons. The van der Waals surface area contributed by atoms with Gasteiger partial charge in [-0.2, -0.15) is 0 Å². The molecule has 0 fully saturated rings. The van der Waals surface area contributed by atoms with Crippen LogP contribution in [0.5, 0.6) is 0 Å². The van der Waals surface area contributed by atoms with E-state index < -0.39 is 0 Å². The molecule has 3 rings (SSSR count). The summed E-state index contributed by atoms with van der Waals surface area (Å²) >= 11 is 0. The molecule has 0 saturated heterocycles. The van der Waals surface area contributed by atoms with Crippen molar-refractivity contribution in [2.75, 3.05) is 0 Å². The summed E-state index contributed by atoms with van der Waals surface area (Å²) in [6, 6.07) is 19.4. The van der Waals surface area contributed by atoms with Crippen LogP contribution in [0.2, 0.25) is 0 Å². The number of aryl methyl sites for hydroxylation is 1. The first-order chi connectivity index (χ1) is 10.2. The molecular weight excluding hydrogens is 256 g/mol. The molecule has 0 amide bonds. The molecule has 1 atom stereocenters. The molecule has 0 aliphatic carbocycles. The summed E-state index contributed by atoms with van der Waals surface area (Å²) in [5.41, 5.74) is 5.03. The molecule has 2 heteroatoms. The average Bonchev–Trinajstić information content (AvgIpc) is 2.53. The smallest absolute Gasteiger partial charge is 0.0702 e. The van der Waals surface area contributed by atoms with E-state index in [4.69, 9.17) is 0 Å². The van der Waals surface area contributed by atoms with Crippen molar-refractivity contribution in [1.29, 1.82) is 0 Å². The Hall–Kier alpha value is -2.19. The zero-order valence-corrected chi connectivity index (χ0v) is 12.5. The Labute approximate surface area is 125 Å². The van der Waals surface area contributed by atoms with Crippen molar-refractivity contribution in [1.82, 2.24) is 10.3 Å². The standard InChI is InChI=1S/C19H20N2/c1-14-6-3-4-8-18(14)15(2)21-13-16-9-10-19-17(12-16)7-5-11-20-19/h3-12,15,21H,13H2,1-2H3/t15-/m1/s1. The minimum Gasteiger partial charge on any atom is -0.306 e. The van der Waals surface area contributed by atoms with Gasteiger partial charge in [-0.05, 0) is 48.7 Å². The van der Waals surface area contributed by atoms with Crippen molar-refractivity contribution in [3.05, 3.63) is 77.5 Å². The number of hydrogen-bond acceptors (Lipinski definition) is 2. The SMILES string of the molecule is Cc1ccccc1[C@@H](C)NCc1ccc2ncccc2c1. The van der Waals surface area contributed by atoms with E-state index in [1.165, 1.54) is 22.1 Å². The maximum Gasteiger partial charge on any atom is 0.0702 e. The fraction of sp³-hybridized carbons (Fsp3) is 0.211. The van der Waals surface area contributed by atoms with Gasteiger partial charge in [-0.1, -0.05) is 36.4 Å². The van der Waals surface area contributed by atoms with Gasteiger partial charge in [0, 0.05) is 24.2 Å². The summed E-state index contributed by atoms with van der Waals surface area (Å²) < 4.78 is 0. The summed E-state index contributed by atoms with van der Waals surface area (Å²) in [6.45, 7) is 5.24. The largest absolute Gasteiger partial charge is 0.306 e. The Morgan fingerprint density at radius 2 is 1.90 bits per heavy atom. The Kier molecular flexibility index (Phi) is 3.98. The highest BCUT2D eigenvalue weighted by molar-refractivity contribution is 5.78. The molecule has 1 aromatic heterocycles. The summed E-state index contributed by atoms with van der Waals surface area (Å²) in [6.07, 6.45) is 1.83. The number of nitrogens with one attached hydrogen (secondary N) is 1. The third-order valence-corrected chi connectivity index (χ3v) is 3.93. The average molecular weight is 276 g/mol. The van der Waals surface area contributed by atoms with Gasteiger partial charge < -0.3 is 5.32 Å². The van der Waals surface area contributed by atoms with Gasteiger partial charge >= 0.3 is 0 Å². The maximum atomic E-state index is 4.36. The predicted octanol–water partition coefficient (Wildman–Crippen LogP) is 4.39. The molecule has 0 aliphatic rings. The van der Waals surface area contributed by atoms with E-state index in [-0.39, 0.29) is 0 Å². The highest BCUT2D eigenvalue weighted by Crippen LogP contribution is 2.18. The minimum atomic E-state index is 0.343. The first-order valence-corrected chi connectivity index (χ1v) is 7.36. The lowest BCUT2D eigenvalue weighted by molar-refractivity contribution is 0.572. The zero-order chi connectivity index (χ0) is 14.7. The van der Waals surface area contributed by atoms with E-state index in [9.17, 15) is 0 Å². The number of benzene rings is 2. The van der Waals surface area contributed by atoms with E-state index in [1.54, 1.807) is 0 Å². The molecule has 3 aromatic rings. The van der Waals surface area contributed by atoms with Crippen LogP contribution in [0.1, 0.15) is 29.7 Å². The second kappa shape index (κ2) is 6.06. The van der Waals surface area contributed by atoms with Crippen LogP contribution >= 0.6 is 0 Å². The van der Waals surface area contributed by atoms with Crippen LogP contribution < -0.4 is 5.32 Å². The molecular formula is C19H20N2. The van der Waals surface area contributed by atoms with Crippen LogP contribution in [-0.2, 0) is 6.54 Å². The third kappa shape index (κ3) is 3.11. The van der Waals surface area contributed by atoms with Crippen molar-refractivity contribution in [2.45, 2.75) is 26.4 Å². The lowest BCUT2D eigenvalue weighted by Gasteiger charge is -2.16. The van der Waals surface area contributed by atoms with Crippen LogP contribution in [0, 0.1) is 6.92 Å². The van der Waals surface area contributed by atoms with Gasteiger partial charge in [0.05, 0.1) is 5.52 Å². The molecule has 106 valence electrons. The van der Waals surface area contributed by atoms with E-state index in [2.05, 4.69) is 72.7 Å². The lowest BCUT2D eigenvalue weighted by atomic mass is 10.0. The number of aromatic nitrogens is 1. The second-order valence-corrected chi connectivity index (χ2v) is 5.49. The predicted molar refractivity (Wildman–Crippen MR) is 88.2 cm³/mol. The molecule has 21 heavy (non-hydrogen) atoms. The Bertz CT molecular complexity index is 749. The Morgan fingerprint density at radius 1 is 1.05 bits per heavy atom. The summed E-state index contributed by atoms with van der Waals surface area (Å²) in [4.78, 5) is 4.36. The van der Waals surface area contributed by atoms with Gasteiger partial charge in [0.15, 0.2) is 0 Å². The van der Waals surface area contributed by atoms with E-state index in [0.717, 1.165) is 12.1 Å². The van der Waals surface area contributed by atoms with Gasteiger partial charge in [0.25, 0.3) is 0 Å². The summed E-state index contributed by atoms with van der Waals surface area (Å²) in [5.74, 6) is 0. The fourth-order valence-corrected chi connectivity index (χ4v) is 2.69. The van der Waals surface area contributed by atoms with E-state index in [1.807, 2.05) is 12.3 Å². The van der Waals surface area contributed by atoms with E-state index in [0.29, 0.717) is 6.04 Å². The first-order valence-electron chi connectivity index (χ1n) is 7.36. The number of fused-ring (bicyclic) bond motifs is 1. The highest BCUT2D eigenvalue weighted by Gasteiger charge is 2.07. The Morgan fingerprint density at radius 3 is 2.76 bits per heavy atom.